The molecule has 0 saturated carbocycles. The van der Waals surface area contributed by atoms with Gasteiger partial charge in [0.25, 0.3) is 0 Å². The van der Waals surface area contributed by atoms with Crippen LogP contribution in [0.1, 0.15) is 108 Å². The van der Waals surface area contributed by atoms with E-state index in [0.29, 0.717) is 23.0 Å². The minimum atomic E-state index is -2.40. The zero-order valence-electron chi connectivity index (χ0n) is 37.7. The Kier molecular flexibility index (Phi) is 16.1. The van der Waals surface area contributed by atoms with E-state index in [4.69, 9.17) is 47.1 Å². The molecule has 3 saturated heterocycles. The largest absolute Gasteiger partial charge is 0.454 e. The van der Waals surface area contributed by atoms with Crippen molar-refractivity contribution in [2.45, 2.75) is 193 Å². The molecule has 7 unspecified atom stereocenters. The van der Waals surface area contributed by atoms with E-state index in [1.807, 2.05) is 74.5 Å². The van der Waals surface area contributed by atoms with Gasteiger partial charge < -0.3 is 52.2 Å². The van der Waals surface area contributed by atoms with E-state index in [0.717, 1.165) is 11.1 Å². The Morgan fingerprint density at radius 2 is 1.29 bits per heavy atom. The maximum atomic E-state index is 13.9. The summed E-state index contributed by atoms with van der Waals surface area (Å²) in [7, 11) is -2.40. The van der Waals surface area contributed by atoms with Crippen molar-refractivity contribution in [1.82, 2.24) is 0 Å². The lowest BCUT2D eigenvalue weighted by Crippen LogP contribution is -2.64. The van der Waals surface area contributed by atoms with E-state index in [9.17, 15) is 9.90 Å². The molecule has 0 aliphatic carbocycles. The van der Waals surface area contributed by atoms with Crippen LogP contribution in [0.25, 0.3) is 0 Å². The number of carbonyl (C=O) groups excluding carboxylic acids is 1. The molecule has 0 aromatic heterocycles. The molecule has 2 aromatic carbocycles. The average Bonchev–Trinajstić information content (AvgIpc) is 3.46. The van der Waals surface area contributed by atoms with Gasteiger partial charge in [0, 0.05) is 6.42 Å². The van der Waals surface area contributed by atoms with Gasteiger partial charge in [0.05, 0.1) is 37.9 Å². The topological polar surface area (TPSA) is 130 Å². The number of fused-ring (bicyclic) bond motifs is 1. The van der Waals surface area contributed by atoms with Gasteiger partial charge in [-0.1, -0.05) is 102 Å². The number of ether oxygens (including phenoxy) is 9. The van der Waals surface area contributed by atoms with Gasteiger partial charge in [0.1, 0.15) is 30.5 Å². The van der Waals surface area contributed by atoms with Crippen LogP contribution in [-0.2, 0) is 65.1 Å². The molecular weight excluding hydrogens is 773 g/mol. The highest BCUT2D eigenvalue weighted by Crippen LogP contribution is 2.44. The smallest absolute Gasteiger partial charge is 0.311 e. The fourth-order valence-corrected chi connectivity index (χ4v) is 14.3. The summed E-state index contributed by atoms with van der Waals surface area (Å²) in [5.74, 6) is -2.78. The van der Waals surface area contributed by atoms with Crippen molar-refractivity contribution in [2.75, 3.05) is 13.2 Å². The molecule has 9 atom stereocenters. The number of esters is 1. The molecule has 12 nitrogen and oxygen atoms in total. The normalized spacial score (nSPS) is 28.9. The van der Waals surface area contributed by atoms with Gasteiger partial charge in [-0.3, -0.25) is 4.79 Å². The quantitative estimate of drug-likeness (QED) is 0.0879. The van der Waals surface area contributed by atoms with Crippen molar-refractivity contribution in [3.63, 3.8) is 0 Å². The molecule has 5 rings (SSSR count). The van der Waals surface area contributed by atoms with Crippen LogP contribution < -0.4 is 0 Å². The molecule has 0 radical (unpaired) electrons. The third-order valence-electron chi connectivity index (χ3n) is 11.4. The molecule has 13 heteroatoms. The molecule has 0 amide bonds. The fourth-order valence-electron chi connectivity index (χ4n) is 8.82. The minimum Gasteiger partial charge on any atom is -0.454 e. The van der Waals surface area contributed by atoms with E-state index in [1.54, 1.807) is 34.6 Å². The van der Waals surface area contributed by atoms with E-state index in [-0.39, 0.29) is 32.5 Å². The Hall–Kier alpha value is -2.27. The average molecular weight is 845 g/mol. The van der Waals surface area contributed by atoms with Gasteiger partial charge in [-0.2, -0.15) is 0 Å². The first-order chi connectivity index (χ1) is 27.6. The maximum Gasteiger partial charge on any atom is 0.311 e. The van der Waals surface area contributed by atoms with Crippen molar-refractivity contribution in [2.24, 2.45) is 5.41 Å². The number of rotatable bonds is 18. The summed E-state index contributed by atoms with van der Waals surface area (Å²) in [6.07, 6.45) is -6.50. The molecule has 3 aliphatic rings. The molecule has 1 N–H and O–H groups in total. The van der Waals surface area contributed by atoms with Crippen LogP contribution in [0.3, 0.4) is 0 Å². The zero-order chi connectivity index (χ0) is 43.3. The first kappa shape index (κ1) is 47.8. The van der Waals surface area contributed by atoms with Gasteiger partial charge in [-0.25, -0.2) is 0 Å². The second kappa shape index (κ2) is 19.8. The summed E-state index contributed by atoms with van der Waals surface area (Å²) in [5, 5.41) is 10.6. The monoisotopic (exact) mass is 844 g/mol. The van der Waals surface area contributed by atoms with E-state index in [1.165, 1.54) is 0 Å². The lowest BCUT2D eigenvalue weighted by atomic mass is 9.95. The molecule has 332 valence electrons. The Bertz CT molecular complexity index is 1570. The molecule has 3 heterocycles. The van der Waals surface area contributed by atoms with Gasteiger partial charge >= 0.3 is 5.97 Å². The maximum absolute atomic E-state index is 13.9. The fraction of sp³-hybridized carbons (Fsp3) is 0.717. The first-order valence-corrected chi connectivity index (χ1v) is 23.6. The molecule has 0 spiro atoms. The zero-order valence-corrected chi connectivity index (χ0v) is 38.7. The van der Waals surface area contributed by atoms with E-state index >= 15 is 0 Å². The molecule has 3 aliphatic heterocycles. The van der Waals surface area contributed by atoms with Crippen LogP contribution in [0.2, 0.25) is 16.6 Å². The lowest BCUT2D eigenvalue weighted by Gasteiger charge is -2.48. The van der Waals surface area contributed by atoms with Crippen LogP contribution in [0.5, 0.6) is 0 Å². The molecule has 2 aromatic rings. The highest BCUT2D eigenvalue weighted by molar-refractivity contribution is 6.77. The minimum absolute atomic E-state index is 0.0439. The second-order valence-corrected chi connectivity index (χ2v) is 24.7. The molecule has 59 heavy (non-hydrogen) atoms. The van der Waals surface area contributed by atoms with Crippen molar-refractivity contribution < 1.29 is 57.0 Å². The van der Waals surface area contributed by atoms with Crippen molar-refractivity contribution in [1.29, 1.82) is 0 Å². The van der Waals surface area contributed by atoms with E-state index in [2.05, 4.69) is 41.5 Å². The summed E-state index contributed by atoms with van der Waals surface area (Å²) in [4.78, 5) is 13.9. The molecule has 0 bridgehead atoms. The Labute approximate surface area is 353 Å². The molecular formula is C46H72O12Si. The first-order valence-electron chi connectivity index (χ1n) is 21.4. The van der Waals surface area contributed by atoms with Crippen LogP contribution in [0, 0.1) is 5.41 Å². The highest BCUT2D eigenvalue weighted by atomic mass is 28.4. The highest BCUT2D eigenvalue weighted by Gasteiger charge is 2.55. The standard InChI is InChI=1S/C46H72O12Si/c1-29(2)59(30(3)4,31(5)6)52-28-36-39(49-25-32-20-16-14-17-21-32)40(50-26-33-22-18-15-19-23-33)41(55-43(47)44(7,8)9)42(54-36)51-27-35-38-34(56-46(12,13)58-38)24-37(53-35)57-45(10,11)48/h14-23,29-31,34-42,48H,24-28H2,1-13H3/t34?,35?,36?,37?,38?,39-,40?,41?,42-/m1/s1. The number of carbonyl (C=O) groups is 1. The third kappa shape index (κ3) is 12.4. The van der Waals surface area contributed by atoms with Gasteiger partial charge in [-0.05, 0) is 76.2 Å². The number of hydrogen-bond acceptors (Lipinski definition) is 12. The third-order valence-corrected chi connectivity index (χ3v) is 17.5. The lowest BCUT2D eigenvalue weighted by molar-refractivity contribution is -0.340. The molecule has 3 fully saturated rings. The van der Waals surface area contributed by atoms with Crippen molar-refractivity contribution >= 4 is 14.3 Å². The number of aliphatic hydroxyl groups is 1. The predicted octanol–water partition coefficient (Wildman–Crippen LogP) is 8.43. The Morgan fingerprint density at radius 1 is 0.746 bits per heavy atom. The van der Waals surface area contributed by atoms with Crippen LogP contribution in [0.15, 0.2) is 60.7 Å². The number of benzene rings is 2. The summed E-state index contributed by atoms with van der Waals surface area (Å²) in [6, 6.07) is 19.8. The Balaban J connectivity index is 1.55. The van der Waals surface area contributed by atoms with Crippen LogP contribution >= 0.6 is 0 Å². The number of hydrogen-bond donors (Lipinski definition) is 1. The van der Waals surface area contributed by atoms with Gasteiger partial charge in [0.2, 0.25) is 0 Å². The van der Waals surface area contributed by atoms with Gasteiger partial charge in [-0.15, -0.1) is 0 Å². The predicted molar refractivity (Wildman–Crippen MR) is 225 cm³/mol. The summed E-state index contributed by atoms with van der Waals surface area (Å²) >= 11 is 0. The summed E-state index contributed by atoms with van der Waals surface area (Å²) < 4.78 is 66.0. The summed E-state index contributed by atoms with van der Waals surface area (Å²) in [6.45, 7) is 26.4. The van der Waals surface area contributed by atoms with Crippen molar-refractivity contribution in [3.8, 4) is 0 Å². The van der Waals surface area contributed by atoms with Crippen molar-refractivity contribution in [3.05, 3.63) is 71.8 Å². The second-order valence-electron chi connectivity index (χ2n) is 19.2. The summed E-state index contributed by atoms with van der Waals surface area (Å²) in [5.41, 5.74) is 2.02. The Morgan fingerprint density at radius 3 is 1.80 bits per heavy atom. The van der Waals surface area contributed by atoms with Crippen LogP contribution in [-0.4, -0.2) is 99.5 Å². The van der Waals surface area contributed by atoms with Crippen LogP contribution in [0.4, 0.5) is 0 Å². The van der Waals surface area contributed by atoms with Gasteiger partial charge in [0.15, 0.2) is 38.6 Å². The SMILES string of the molecule is CC(C)[Si](OCC1O[C@@H](OCC2OC(OC(C)(C)O)CC3OC(C)(C)OC23)C(OC(=O)C(C)(C)C)C(OCc2ccccc2)[C@@H]1OCc1ccccc1)(C(C)C)C(C)C. The van der Waals surface area contributed by atoms with E-state index < -0.39 is 80.5 Å².